The Morgan fingerprint density at radius 1 is 1.30 bits per heavy atom. The molecule has 6 nitrogen and oxygen atoms in total. The molecule has 1 aliphatic heterocycles. The Bertz CT molecular complexity index is 501. The van der Waals surface area contributed by atoms with Crippen LogP contribution < -0.4 is 19.5 Å². The van der Waals surface area contributed by atoms with E-state index in [-0.39, 0.29) is 12.4 Å². The molecule has 0 saturated heterocycles. The van der Waals surface area contributed by atoms with Gasteiger partial charge in [0.25, 0.3) is 0 Å². The molecule has 0 bridgehead atoms. The van der Waals surface area contributed by atoms with E-state index in [1.807, 2.05) is 6.07 Å². The van der Waals surface area contributed by atoms with Gasteiger partial charge in [-0.25, -0.2) is 4.79 Å². The highest BCUT2D eigenvalue weighted by atomic mass is 16.7. The van der Waals surface area contributed by atoms with E-state index in [1.54, 1.807) is 14.0 Å². The second-order valence-electron chi connectivity index (χ2n) is 4.29. The molecule has 1 aliphatic rings. The normalized spacial score (nSPS) is 13.3. The van der Waals surface area contributed by atoms with Crippen LogP contribution in [0.15, 0.2) is 6.07 Å². The van der Waals surface area contributed by atoms with Gasteiger partial charge in [-0.2, -0.15) is 0 Å². The number of fused-ring (bicyclic) bond motifs is 1. The number of carbonyl (C=O) groups excluding carboxylic acids is 1. The Labute approximate surface area is 118 Å². The third kappa shape index (κ3) is 2.80. The zero-order valence-electron chi connectivity index (χ0n) is 11.9. The predicted octanol–water partition coefficient (Wildman–Crippen LogP) is 1.88. The van der Waals surface area contributed by atoms with E-state index >= 15 is 0 Å². The minimum atomic E-state index is -0.771. The van der Waals surface area contributed by atoms with Crippen LogP contribution in [-0.2, 0) is 17.7 Å². The Balaban J connectivity index is 2.44. The zero-order chi connectivity index (χ0) is 14.5. The summed E-state index contributed by atoms with van der Waals surface area (Å²) >= 11 is 0. The van der Waals surface area contributed by atoms with Gasteiger partial charge >= 0.3 is 6.16 Å². The molecule has 0 spiro atoms. The summed E-state index contributed by atoms with van der Waals surface area (Å²) in [7, 11) is 3.07. The third-order valence-electron chi connectivity index (χ3n) is 3.14. The number of rotatable bonds is 4. The molecule has 1 aromatic rings. The van der Waals surface area contributed by atoms with Crippen molar-refractivity contribution in [1.82, 2.24) is 5.32 Å². The molecule has 0 radical (unpaired) electrons. The van der Waals surface area contributed by atoms with Crippen molar-refractivity contribution in [3.8, 4) is 17.2 Å². The zero-order valence-corrected chi connectivity index (χ0v) is 11.9. The Morgan fingerprint density at radius 3 is 2.75 bits per heavy atom. The molecule has 1 aromatic carbocycles. The van der Waals surface area contributed by atoms with Gasteiger partial charge in [-0.3, -0.25) is 0 Å². The number of ether oxygens (including phenoxy) is 4. The van der Waals surface area contributed by atoms with Crippen molar-refractivity contribution in [3.05, 3.63) is 17.2 Å². The molecule has 0 atom stereocenters. The number of hydrogen-bond donors (Lipinski definition) is 1. The molecule has 20 heavy (non-hydrogen) atoms. The van der Waals surface area contributed by atoms with E-state index < -0.39 is 6.16 Å². The average molecular weight is 281 g/mol. The van der Waals surface area contributed by atoms with Crippen molar-refractivity contribution in [2.75, 3.05) is 27.4 Å². The Morgan fingerprint density at radius 2 is 2.10 bits per heavy atom. The summed E-state index contributed by atoms with van der Waals surface area (Å²) in [5.41, 5.74) is 2.12. The quantitative estimate of drug-likeness (QED) is 0.671. The average Bonchev–Trinajstić information content (AvgIpc) is 2.46. The predicted molar refractivity (Wildman–Crippen MR) is 72.6 cm³/mol. The van der Waals surface area contributed by atoms with Gasteiger partial charge in [0.1, 0.15) is 0 Å². The van der Waals surface area contributed by atoms with Crippen LogP contribution in [0, 0.1) is 0 Å². The van der Waals surface area contributed by atoms with Crippen molar-refractivity contribution in [3.63, 3.8) is 0 Å². The number of methoxy groups -OCH3 is 2. The van der Waals surface area contributed by atoms with Gasteiger partial charge in [0.2, 0.25) is 5.75 Å². The molecule has 0 amide bonds. The number of carbonyl (C=O) groups is 1. The summed E-state index contributed by atoms with van der Waals surface area (Å²) < 4.78 is 20.7. The maximum Gasteiger partial charge on any atom is 0.514 e. The Kier molecular flexibility index (Phi) is 4.68. The summed E-state index contributed by atoms with van der Waals surface area (Å²) in [5, 5.41) is 3.27. The number of benzene rings is 1. The van der Waals surface area contributed by atoms with E-state index in [1.165, 1.54) is 7.11 Å². The van der Waals surface area contributed by atoms with Gasteiger partial charge < -0.3 is 24.3 Å². The molecule has 2 rings (SSSR count). The molecule has 1 N–H and O–H groups in total. The first-order chi connectivity index (χ1) is 9.71. The molecule has 0 fully saturated rings. The summed E-state index contributed by atoms with van der Waals surface area (Å²) in [4.78, 5) is 11.5. The maximum atomic E-state index is 11.5. The standard InChI is InChI=1S/C14H19NO5/c1-4-19-14(16)20-13-11(17-2)7-9-5-6-15-8-10(9)12(13)18-3/h7,15H,4-6,8H2,1-3H3. The number of hydrogen-bond acceptors (Lipinski definition) is 6. The van der Waals surface area contributed by atoms with E-state index in [9.17, 15) is 4.79 Å². The minimum Gasteiger partial charge on any atom is -0.493 e. The molecule has 6 heteroatoms. The van der Waals surface area contributed by atoms with Crippen LogP contribution >= 0.6 is 0 Å². The summed E-state index contributed by atoms with van der Waals surface area (Å²) in [6.07, 6.45) is 0.106. The van der Waals surface area contributed by atoms with Crippen LogP contribution in [0.1, 0.15) is 18.1 Å². The fourth-order valence-corrected chi connectivity index (χ4v) is 2.25. The lowest BCUT2D eigenvalue weighted by molar-refractivity contribution is 0.101. The molecule has 0 unspecified atom stereocenters. The van der Waals surface area contributed by atoms with Gasteiger partial charge in [-0.1, -0.05) is 0 Å². The number of nitrogens with one attached hydrogen (secondary N) is 1. The van der Waals surface area contributed by atoms with Crippen LogP contribution in [0.2, 0.25) is 0 Å². The van der Waals surface area contributed by atoms with Gasteiger partial charge in [-0.05, 0) is 31.5 Å². The topological polar surface area (TPSA) is 66.0 Å². The van der Waals surface area contributed by atoms with Gasteiger partial charge in [0.05, 0.1) is 20.8 Å². The van der Waals surface area contributed by atoms with Crippen LogP contribution in [0.25, 0.3) is 0 Å². The monoisotopic (exact) mass is 281 g/mol. The summed E-state index contributed by atoms with van der Waals surface area (Å²) in [5.74, 6) is 1.24. The first kappa shape index (κ1) is 14.5. The second kappa shape index (κ2) is 6.47. The van der Waals surface area contributed by atoms with Crippen molar-refractivity contribution in [1.29, 1.82) is 0 Å². The Hall–Kier alpha value is -1.95. The van der Waals surface area contributed by atoms with E-state index in [2.05, 4.69) is 5.32 Å². The van der Waals surface area contributed by atoms with E-state index in [4.69, 9.17) is 18.9 Å². The van der Waals surface area contributed by atoms with Gasteiger partial charge in [-0.15, -0.1) is 0 Å². The second-order valence-corrected chi connectivity index (χ2v) is 4.29. The van der Waals surface area contributed by atoms with Gasteiger partial charge in [0.15, 0.2) is 11.5 Å². The first-order valence-electron chi connectivity index (χ1n) is 6.53. The van der Waals surface area contributed by atoms with Crippen LogP contribution in [-0.4, -0.2) is 33.5 Å². The van der Waals surface area contributed by atoms with E-state index in [0.717, 1.165) is 24.1 Å². The van der Waals surface area contributed by atoms with Crippen LogP contribution in [0.4, 0.5) is 4.79 Å². The summed E-state index contributed by atoms with van der Waals surface area (Å²) in [6.45, 7) is 3.53. The van der Waals surface area contributed by atoms with Crippen molar-refractivity contribution < 1.29 is 23.7 Å². The fourth-order valence-electron chi connectivity index (χ4n) is 2.25. The van der Waals surface area contributed by atoms with Crippen molar-refractivity contribution in [2.24, 2.45) is 0 Å². The fraction of sp³-hybridized carbons (Fsp3) is 0.500. The van der Waals surface area contributed by atoms with Crippen LogP contribution in [0.3, 0.4) is 0 Å². The van der Waals surface area contributed by atoms with Gasteiger partial charge in [0, 0.05) is 12.1 Å². The van der Waals surface area contributed by atoms with Crippen LogP contribution in [0.5, 0.6) is 17.2 Å². The molecular formula is C14H19NO5. The summed E-state index contributed by atoms with van der Waals surface area (Å²) in [6, 6.07) is 1.88. The first-order valence-corrected chi connectivity index (χ1v) is 6.53. The molecule has 1 heterocycles. The van der Waals surface area contributed by atoms with E-state index in [0.29, 0.717) is 18.0 Å². The molecule has 0 saturated carbocycles. The SMILES string of the molecule is CCOC(=O)Oc1c(OC)cc2c(c1OC)CNCC2. The lowest BCUT2D eigenvalue weighted by Gasteiger charge is -2.23. The lowest BCUT2D eigenvalue weighted by atomic mass is 9.99. The maximum absolute atomic E-state index is 11.5. The molecule has 0 aromatic heterocycles. The minimum absolute atomic E-state index is 0.246. The van der Waals surface area contributed by atoms with Crippen molar-refractivity contribution in [2.45, 2.75) is 19.9 Å². The largest absolute Gasteiger partial charge is 0.514 e. The lowest BCUT2D eigenvalue weighted by Crippen LogP contribution is -2.24. The molecular weight excluding hydrogens is 262 g/mol. The highest BCUT2D eigenvalue weighted by Crippen LogP contribution is 2.43. The smallest absolute Gasteiger partial charge is 0.493 e. The van der Waals surface area contributed by atoms with Crippen molar-refractivity contribution >= 4 is 6.16 Å². The third-order valence-corrected chi connectivity index (χ3v) is 3.14. The molecule has 0 aliphatic carbocycles. The molecule has 110 valence electrons. The highest BCUT2D eigenvalue weighted by molar-refractivity contribution is 5.70. The highest BCUT2D eigenvalue weighted by Gasteiger charge is 2.24.